The summed E-state index contributed by atoms with van der Waals surface area (Å²) in [7, 11) is 0. The fourth-order valence-corrected chi connectivity index (χ4v) is 6.18. The van der Waals surface area contributed by atoms with Crippen LogP contribution in [0, 0.1) is 11.6 Å². The number of hydrogen-bond acceptors (Lipinski definition) is 7. The third kappa shape index (κ3) is 5.16. The van der Waals surface area contributed by atoms with E-state index in [0.717, 1.165) is 0 Å². The second-order valence-electron chi connectivity index (χ2n) is 10.4. The van der Waals surface area contributed by atoms with Crippen molar-refractivity contribution < 1.29 is 27.9 Å². The molecular formula is C29H24ClF2N7O4. The Balaban J connectivity index is 1.47. The van der Waals surface area contributed by atoms with Gasteiger partial charge >= 0.3 is 6.09 Å². The van der Waals surface area contributed by atoms with Crippen LogP contribution in [0.3, 0.4) is 0 Å². The molecule has 4 N–H and O–H groups in total. The largest absolute Gasteiger partial charge is 0.436 e. The molecule has 4 aromatic rings. The molecule has 11 nitrogen and oxygen atoms in total. The average Bonchev–Trinajstić information content (AvgIpc) is 3.52. The summed E-state index contributed by atoms with van der Waals surface area (Å²) < 4.78 is 35.5. The molecule has 2 atom stereocenters. The number of likely N-dealkylation sites (tertiary alicyclic amines) is 1. The van der Waals surface area contributed by atoms with Gasteiger partial charge in [0.15, 0.2) is 11.4 Å². The van der Waals surface area contributed by atoms with Gasteiger partial charge in [0.1, 0.15) is 5.82 Å². The van der Waals surface area contributed by atoms with Crippen LogP contribution in [-0.2, 0) is 21.6 Å². The number of fused-ring (bicyclic) bond motifs is 2. The maximum atomic E-state index is 15.5. The molecule has 6 rings (SSSR count). The van der Waals surface area contributed by atoms with Crippen LogP contribution in [0.2, 0.25) is 5.02 Å². The van der Waals surface area contributed by atoms with Crippen LogP contribution in [0.25, 0.3) is 11.4 Å². The Bertz CT molecular complexity index is 1750. The number of nitrogens with two attached hydrogens (primary N) is 1. The van der Waals surface area contributed by atoms with Gasteiger partial charge in [0.25, 0.3) is 0 Å². The first-order valence-corrected chi connectivity index (χ1v) is 13.7. The molecule has 3 amide bonds. The zero-order valence-electron chi connectivity index (χ0n) is 22.4. The topological polar surface area (TPSA) is 156 Å². The molecule has 0 saturated carbocycles. The number of ether oxygens (including phenoxy) is 1. The molecule has 3 aromatic carbocycles. The molecule has 0 radical (unpaired) electrons. The Morgan fingerprint density at radius 3 is 2.72 bits per heavy atom. The van der Waals surface area contributed by atoms with Crippen molar-refractivity contribution in [2.24, 2.45) is 5.73 Å². The highest BCUT2D eigenvalue weighted by Crippen LogP contribution is 2.46. The highest BCUT2D eigenvalue weighted by atomic mass is 35.5. The molecule has 1 spiro atoms. The minimum Gasteiger partial charge on any atom is -0.436 e. The van der Waals surface area contributed by atoms with E-state index in [1.54, 1.807) is 18.2 Å². The Labute approximate surface area is 248 Å². The third-order valence-corrected chi connectivity index (χ3v) is 8.07. The van der Waals surface area contributed by atoms with Gasteiger partial charge in [0, 0.05) is 17.7 Å². The van der Waals surface area contributed by atoms with Gasteiger partial charge in [-0.1, -0.05) is 35.9 Å². The van der Waals surface area contributed by atoms with Gasteiger partial charge in [-0.2, -0.15) is 5.21 Å². The van der Waals surface area contributed by atoms with Gasteiger partial charge in [0.05, 0.1) is 28.7 Å². The summed E-state index contributed by atoms with van der Waals surface area (Å²) in [5.74, 6) is -3.54. The molecule has 1 saturated heterocycles. The molecule has 2 aliphatic heterocycles. The summed E-state index contributed by atoms with van der Waals surface area (Å²) in [4.78, 5) is 41.3. The lowest BCUT2D eigenvalue weighted by molar-refractivity contribution is -0.140. The van der Waals surface area contributed by atoms with Crippen LogP contribution >= 0.6 is 11.6 Å². The van der Waals surface area contributed by atoms with Crippen LogP contribution in [0.4, 0.5) is 19.3 Å². The molecule has 0 aliphatic carbocycles. The standard InChI is InChI=1S/C29H24ClF2N7O4/c30-20-8-9-21-23(24(20)32)29(43-28(42)34-21)10-3-11-39(14-29)27(41)19(13-15-4-1-5-16(31)12-15)22-17(25(33)40)6-2-7-18(22)26-35-37-38-36-26/h1-2,4-9,12,19H,3,10-11,13-14H2,(H2,33,40)(H,34,42)(H,35,36,37,38)/t19-,29-/m0/s1. The van der Waals surface area contributed by atoms with E-state index in [1.165, 1.54) is 41.3 Å². The Hall–Kier alpha value is -4.91. The highest BCUT2D eigenvalue weighted by Gasteiger charge is 2.49. The number of benzene rings is 3. The second kappa shape index (κ2) is 11.1. The van der Waals surface area contributed by atoms with E-state index in [1.807, 2.05) is 0 Å². The predicted molar refractivity (Wildman–Crippen MR) is 150 cm³/mol. The smallest absolute Gasteiger partial charge is 0.412 e. The number of rotatable bonds is 6. The predicted octanol–water partition coefficient (Wildman–Crippen LogP) is 4.30. The lowest BCUT2D eigenvalue weighted by atomic mass is 9.80. The first-order valence-electron chi connectivity index (χ1n) is 13.3. The lowest BCUT2D eigenvalue weighted by Gasteiger charge is -2.46. The number of halogens is 3. The first kappa shape index (κ1) is 28.2. The van der Waals surface area contributed by atoms with Gasteiger partial charge in [-0.15, -0.1) is 10.2 Å². The van der Waals surface area contributed by atoms with Crippen molar-refractivity contribution in [3.8, 4) is 11.4 Å². The van der Waals surface area contributed by atoms with E-state index in [9.17, 15) is 18.8 Å². The summed E-state index contributed by atoms with van der Waals surface area (Å²) in [5.41, 5.74) is 5.55. The van der Waals surface area contributed by atoms with Crippen molar-refractivity contribution in [2.45, 2.75) is 30.8 Å². The normalized spacial score (nSPS) is 18.5. The average molecular weight is 608 g/mol. The quantitative estimate of drug-likeness (QED) is 0.295. The number of aromatic nitrogens is 4. The number of carbonyl (C=O) groups is 3. The minimum atomic E-state index is -1.52. The minimum absolute atomic E-state index is 0.0344. The Kier molecular flexibility index (Phi) is 7.26. The van der Waals surface area contributed by atoms with Crippen molar-refractivity contribution in [1.29, 1.82) is 0 Å². The van der Waals surface area contributed by atoms with E-state index >= 15 is 4.39 Å². The van der Waals surface area contributed by atoms with E-state index in [0.29, 0.717) is 17.5 Å². The van der Waals surface area contributed by atoms with Crippen molar-refractivity contribution >= 4 is 35.2 Å². The van der Waals surface area contributed by atoms with E-state index in [4.69, 9.17) is 22.1 Å². The summed E-state index contributed by atoms with van der Waals surface area (Å²) in [5, 5.41) is 16.4. The summed E-state index contributed by atoms with van der Waals surface area (Å²) in [6.07, 6.45) is -0.243. The van der Waals surface area contributed by atoms with Gasteiger partial charge in [0.2, 0.25) is 17.6 Å². The molecular weight excluding hydrogens is 584 g/mol. The third-order valence-electron chi connectivity index (χ3n) is 7.78. The van der Waals surface area contributed by atoms with E-state index in [2.05, 4.69) is 25.9 Å². The van der Waals surface area contributed by atoms with Crippen LogP contribution in [0.1, 0.15) is 45.8 Å². The number of piperidine rings is 1. The van der Waals surface area contributed by atoms with Crippen LogP contribution < -0.4 is 11.1 Å². The van der Waals surface area contributed by atoms with Crippen LogP contribution in [-0.4, -0.2) is 56.5 Å². The van der Waals surface area contributed by atoms with Crippen molar-refractivity contribution in [3.63, 3.8) is 0 Å². The number of aromatic amines is 1. The van der Waals surface area contributed by atoms with Gasteiger partial charge in [-0.05, 0) is 65.9 Å². The number of tetrazole rings is 1. The van der Waals surface area contributed by atoms with Gasteiger partial charge in [-0.3, -0.25) is 14.9 Å². The van der Waals surface area contributed by atoms with Crippen LogP contribution in [0.5, 0.6) is 0 Å². The fraction of sp³-hybridized carbons (Fsp3) is 0.241. The molecule has 220 valence electrons. The molecule has 1 aromatic heterocycles. The van der Waals surface area contributed by atoms with Crippen LogP contribution in [0.15, 0.2) is 54.6 Å². The number of hydrogen-bond donors (Lipinski definition) is 3. The molecule has 0 unspecified atom stereocenters. The Morgan fingerprint density at radius 2 is 1.98 bits per heavy atom. The maximum Gasteiger partial charge on any atom is 0.412 e. The monoisotopic (exact) mass is 607 g/mol. The Morgan fingerprint density at radius 1 is 1.16 bits per heavy atom. The molecule has 1 fully saturated rings. The van der Waals surface area contributed by atoms with E-state index < -0.39 is 41.1 Å². The fourth-order valence-electron chi connectivity index (χ4n) is 6.02. The van der Waals surface area contributed by atoms with Gasteiger partial charge < -0.3 is 15.4 Å². The number of nitrogens with one attached hydrogen (secondary N) is 2. The number of amides is 3. The highest BCUT2D eigenvalue weighted by molar-refractivity contribution is 6.31. The zero-order valence-corrected chi connectivity index (χ0v) is 23.2. The molecule has 3 heterocycles. The van der Waals surface area contributed by atoms with Gasteiger partial charge in [-0.25, -0.2) is 13.6 Å². The SMILES string of the molecule is NC(=O)c1cccc(-c2nn[nH]n2)c1[C@H](Cc1cccc(F)c1)C(=O)N1CCC[C@@]2(C1)OC(=O)Nc1ccc(Cl)c(F)c12. The second-order valence-corrected chi connectivity index (χ2v) is 10.8. The lowest BCUT2D eigenvalue weighted by Crippen LogP contribution is -2.54. The first-order chi connectivity index (χ1) is 20.7. The summed E-state index contributed by atoms with van der Waals surface area (Å²) in [6, 6.07) is 13.2. The summed E-state index contributed by atoms with van der Waals surface area (Å²) >= 11 is 6.11. The number of primary amides is 1. The van der Waals surface area contributed by atoms with E-state index in [-0.39, 0.29) is 59.2 Å². The zero-order chi connectivity index (χ0) is 30.3. The van der Waals surface area contributed by atoms with Crippen molar-refractivity contribution in [2.75, 3.05) is 18.4 Å². The van der Waals surface area contributed by atoms with Crippen molar-refractivity contribution in [3.05, 3.63) is 93.5 Å². The number of nitrogens with zero attached hydrogens (tertiary/aromatic N) is 4. The molecule has 0 bridgehead atoms. The molecule has 43 heavy (non-hydrogen) atoms. The number of anilines is 1. The summed E-state index contributed by atoms with van der Waals surface area (Å²) in [6.45, 7) is 0.0401. The number of H-pyrrole nitrogens is 1. The van der Waals surface area contributed by atoms with Crippen molar-refractivity contribution in [1.82, 2.24) is 25.5 Å². The number of carbonyl (C=O) groups excluding carboxylic acids is 3. The maximum absolute atomic E-state index is 15.5. The molecule has 14 heteroatoms. The molecule has 2 aliphatic rings.